The lowest BCUT2D eigenvalue weighted by Gasteiger charge is -2.07. The monoisotopic (exact) mass is 270 g/mol. The Hall–Kier alpha value is 0.690. The first-order valence-electron chi connectivity index (χ1n) is 4.48. The van der Waals surface area contributed by atoms with Gasteiger partial charge in [0.1, 0.15) is 0 Å². The first kappa shape index (κ1) is 11.7. The molecule has 11 heavy (non-hydrogen) atoms. The molecule has 0 aromatic heterocycles. The Bertz CT molecular complexity index is 76.0. The molecule has 0 aliphatic heterocycles. The Morgan fingerprint density at radius 3 is 2.45 bits per heavy atom. The van der Waals surface area contributed by atoms with Crippen molar-refractivity contribution < 1.29 is 5.11 Å². The Morgan fingerprint density at radius 2 is 1.91 bits per heavy atom. The SMILES string of the molecule is C[C@@H](CCO)CCCCCI. The molecule has 1 N–H and O–H groups in total. The molecule has 0 fully saturated rings. The molecule has 0 radical (unpaired) electrons. The van der Waals surface area contributed by atoms with E-state index in [1.165, 1.54) is 30.1 Å². The topological polar surface area (TPSA) is 20.2 Å². The first-order valence-corrected chi connectivity index (χ1v) is 6.00. The smallest absolute Gasteiger partial charge is 0.0433 e. The summed E-state index contributed by atoms with van der Waals surface area (Å²) in [4.78, 5) is 0. The van der Waals surface area contributed by atoms with Crippen LogP contribution in [0.15, 0.2) is 0 Å². The standard InChI is InChI=1S/C9H19IO/c1-9(6-8-11)5-3-2-4-7-10/h9,11H,2-8H2,1H3/t9-/m1/s1. The molecule has 0 rings (SSSR count). The van der Waals surface area contributed by atoms with Gasteiger partial charge in [0.05, 0.1) is 0 Å². The van der Waals surface area contributed by atoms with E-state index in [2.05, 4.69) is 29.5 Å². The Balaban J connectivity index is 2.97. The second-order valence-electron chi connectivity index (χ2n) is 3.16. The Labute approximate surface area is 83.7 Å². The van der Waals surface area contributed by atoms with Gasteiger partial charge in [-0.3, -0.25) is 0 Å². The van der Waals surface area contributed by atoms with Crippen LogP contribution in [0, 0.1) is 5.92 Å². The van der Waals surface area contributed by atoms with E-state index < -0.39 is 0 Å². The largest absolute Gasteiger partial charge is 0.396 e. The summed E-state index contributed by atoms with van der Waals surface area (Å²) in [5.41, 5.74) is 0. The van der Waals surface area contributed by atoms with Crippen molar-refractivity contribution in [2.45, 2.75) is 39.0 Å². The van der Waals surface area contributed by atoms with Crippen LogP contribution in [-0.4, -0.2) is 16.1 Å². The van der Waals surface area contributed by atoms with Crippen molar-refractivity contribution in [3.63, 3.8) is 0 Å². The highest BCUT2D eigenvalue weighted by Crippen LogP contribution is 2.12. The van der Waals surface area contributed by atoms with E-state index >= 15 is 0 Å². The van der Waals surface area contributed by atoms with Gasteiger partial charge in [-0.2, -0.15) is 0 Å². The predicted molar refractivity (Wildman–Crippen MR) is 58.2 cm³/mol. The minimum Gasteiger partial charge on any atom is -0.396 e. The van der Waals surface area contributed by atoms with Crippen LogP contribution in [0.5, 0.6) is 0 Å². The van der Waals surface area contributed by atoms with Crippen LogP contribution in [0.4, 0.5) is 0 Å². The zero-order chi connectivity index (χ0) is 8.53. The van der Waals surface area contributed by atoms with Crippen LogP contribution in [0.3, 0.4) is 0 Å². The summed E-state index contributed by atoms with van der Waals surface area (Å²) >= 11 is 2.42. The van der Waals surface area contributed by atoms with E-state index in [0.29, 0.717) is 12.5 Å². The van der Waals surface area contributed by atoms with E-state index in [4.69, 9.17) is 5.11 Å². The quantitative estimate of drug-likeness (QED) is 0.428. The number of hydrogen-bond donors (Lipinski definition) is 1. The minimum absolute atomic E-state index is 0.355. The van der Waals surface area contributed by atoms with Crippen molar-refractivity contribution in [2.75, 3.05) is 11.0 Å². The summed E-state index contributed by atoms with van der Waals surface area (Å²) in [6, 6.07) is 0. The van der Waals surface area contributed by atoms with Crippen LogP contribution in [0.1, 0.15) is 39.0 Å². The molecule has 0 saturated heterocycles. The molecule has 0 unspecified atom stereocenters. The number of aliphatic hydroxyl groups excluding tert-OH is 1. The summed E-state index contributed by atoms with van der Waals surface area (Å²) in [6.45, 7) is 2.58. The van der Waals surface area contributed by atoms with Gasteiger partial charge in [0.15, 0.2) is 0 Å². The van der Waals surface area contributed by atoms with Crippen molar-refractivity contribution in [2.24, 2.45) is 5.92 Å². The lowest BCUT2D eigenvalue weighted by atomic mass is 10.0. The molecule has 0 aromatic rings. The summed E-state index contributed by atoms with van der Waals surface area (Å²) in [7, 11) is 0. The summed E-state index contributed by atoms with van der Waals surface area (Å²) in [5, 5.41) is 8.64. The van der Waals surface area contributed by atoms with Gasteiger partial charge in [-0.15, -0.1) is 0 Å². The van der Waals surface area contributed by atoms with Gasteiger partial charge < -0.3 is 5.11 Å². The van der Waals surface area contributed by atoms with Gasteiger partial charge >= 0.3 is 0 Å². The van der Waals surface area contributed by atoms with E-state index in [1.807, 2.05) is 0 Å². The fraction of sp³-hybridized carbons (Fsp3) is 1.00. The van der Waals surface area contributed by atoms with Gasteiger partial charge in [0.2, 0.25) is 0 Å². The predicted octanol–water partition coefficient (Wildman–Crippen LogP) is 3.00. The third kappa shape index (κ3) is 8.60. The van der Waals surface area contributed by atoms with E-state index in [-0.39, 0.29) is 0 Å². The molecule has 0 spiro atoms. The average molecular weight is 270 g/mol. The Morgan fingerprint density at radius 1 is 1.18 bits per heavy atom. The molecule has 68 valence electrons. The van der Waals surface area contributed by atoms with Gasteiger partial charge in [-0.05, 0) is 23.2 Å². The number of halogens is 1. The molecule has 0 amide bonds. The third-order valence-electron chi connectivity index (χ3n) is 1.95. The van der Waals surface area contributed by atoms with Gasteiger partial charge in [-0.1, -0.05) is 48.8 Å². The number of rotatable bonds is 7. The van der Waals surface area contributed by atoms with E-state index in [0.717, 1.165) is 6.42 Å². The van der Waals surface area contributed by atoms with Crippen molar-refractivity contribution in [1.82, 2.24) is 0 Å². The second-order valence-corrected chi connectivity index (χ2v) is 4.23. The van der Waals surface area contributed by atoms with Crippen LogP contribution in [0.2, 0.25) is 0 Å². The molecule has 0 aromatic carbocycles. The third-order valence-corrected chi connectivity index (χ3v) is 2.72. The average Bonchev–Trinajstić information content (AvgIpc) is 1.99. The Kier molecular flexibility index (Phi) is 9.33. The fourth-order valence-corrected chi connectivity index (χ4v) is 1.67. The maximum atomic E-state index is 8.64. The van der Waals surface area contributed by atoms with Crippen LogP contribution in [-0.2, 0) is 0 Å². The number of alkyl halides is 1. The van der Waals surface area contributed by atoms with Crippen molar-refractivity contribution in [1.29, 1.82) is 0 Å². The molecule has 1 nitrogen and oxygen atoms in total. The first-order chi connectivity index (χ1) is 5.31. The summed E-state index contributed by atoms with van der Waals surface area (Å²) in [6.07, 6.45) is 6.32. The molecule has 2 heteroatoms. The maximum Gasteiger partial charge on any atom is 0.0433 e. The molecular formula is C9H19IO. The van der Waals surface area contributed by atoms with Crippen molar-refractivity contribution >= 4 is 22.6 Å². The minimum atomic E-state index is 0.355. The number of aliphatic hydroxyl groups is 1. The van der Waals surface area contributed by atoms with E-state index in [1.54, 1.807) is 0 Å². The maximum absolute atomic E-state index is 8.64. The van der Waals surface area contributed by atoms with Crippen LogP contribution < -0.4 is 0 Å². The lowest BCUT2D eigenvalue weighted by molar-refractivity contribution is 0.256. The zero-order valence-electron chi connectivity index (χ0n) is 7.35. The lowest BCUT2D eigenvalue weighted by Crippen LogP contribution is -1.97. The zero-order valence-corrected chi connectivity index (χ0v) is 9.51. The van der Waals surface area contributed by atoms with Crippen molar-refractivity contribution in [3.8, 4) is 0 Å². The van der Waals surface area contributed by atoms with Crippen LogP contribution in [0.25, 0.3) is 0 Å². The molecule has 0 bridgehead atoms. The van der Waals surface area contributed by atoms with Gasteiger partial charge in [0.25, 0.3) is 0 Å². The molecule has 0 aliphatic rings. The van der Waals surface area contributed by atoms with Gasteiger partial charge in [0, 0.05) is 6.61 Å². The second kappa shape index (κ2) is 8.78. The van der Waals surface area contributed by atoms with E-state index in [9.17, 15) is 0 Å². The molecule has 0 aliphatic carbocycles. The molecule has 0 saturated carbocycles. The van der Waals surface area contributed by atoms with Crippen molar-refractivity contribution in [3.05, 3.63) is 0 Å². The summed E-state index contributed by atoms with van der Waals surface area (Å²) in [5.74, 6) is 0.717. The molecule has 1 atom stereocenters. The molecule has 0 heterocycles. The molecular weight excluding hydrogens is 251 g/mol. The number of hydrogen-bond acceptors (Lipinski definition) is 1. The van der Waals surface area contributed by atoms with Gasteiger partial charge in [-0.25, -0.2) is 0 Å². The normalized spacial score (nSPS) is 13.4. The van der Waals surface area contributed by atoms with Crippen LogP contribution >= 0.6 is 22.6 Å². The highest BCUT2D eigenvalue weighted by Gasteiger charge is 1.99. The highest BCUT2D eigenvalue weighted by atomic mass is 127. The summed E-state index contributed by atoms with van der Waals surface area (Å²) < 4.78 is 1.28. The number of unbranched alkanes of at least 4 members (excludes halogenated alkanes) is 2. The highest BCUT2D eigenvalue weighted by molar-refractivity contribution is 14.1. The fourth-order valence-electron chi connectivity index (χ4n) is 1.13.